The van der Waals surface area contributed by atoms with Crippen LogP contribution in [0.15, 0.2) is 0 Å². The molecule has 2 nitrogen and oxygen atoms in total. The van der Waals surface area contributed by atoms with Gasteiger partial charge in [0.1, 0.15) is 0 Å². The lowest BCUT2D eigenvalue weighted by molar-refractivity contribution is 0.163. The third-order valence-corrected chi connectivity index (χ3v) is 3.13. The molecule has 0 aromatic carbocycles. The van der Waals surface area contributed by atoms with Gasteiger partial charge in [-0.25, -0.2) is 0 Å². The van der Waals surface area contributed by atoms with Crippen molar-refractivity contribution < 1.29 is 0 Å². The van der Waals surface area contributed by atoms with Crippen LogP contribution in [-0.4, -0.2) is 30.1 Å². The molecular formula is C8H17ClN2. The highest BCUT2D eigenvalue weighted by molar-refractivity contribution is 5.85. The predicted molar refractivity (Wildman–Crippen MR) is 49.0 cm³/mol. The number of hydrogen-bond acceptors (Lipinski definition) is 2. The van der Waals surface area contributed by atoms with Crippen LogP contribution in [0.3, 0.4) is 0 Å². The molecular weight excluding hydrogens is 160 g/mol. The van der Waals surface area contributed by atoms with E-state index in [0.717, 1.165) is 12.1 Å². The van der Waals surface area contributed by atoms with Crippen LogP contribution in [0.25, 0.3) is 0 Å². The predicted octanol–water partition coefficient (Wildman–Crippen LogP) is 0.992. The number of halogens is 1. The van der Waals surface area contributed by atoms with Crippen molar-refractivity contribution in [2.24, 2.45) is 5.73 Å². The van der Waals surface area contributed by atoms with Crippen LogP contribution in [0.4, 0.5) is 0 Å². The molecule has 3 heteroatoms. The maximum Gasteiger partial charge on any atom is 0.0110 e. The van der Waals surface area contributed by atoms with Gasteiger partial charge in [-0.2, -0.15) is 0 Å². The van der Waals surface area contributed by atoms with E-state index in [1.54, 1.807) is 0 Å². The summed E-state index contributed by atoms with van der Waals surface area (Å²) in [5.74, 6) is 0. The molecule has 0 aromatic rings. The van der Waals surface area contributed by atoms with Crippen LogP contribution in [0, 0.1) is 0 Å². The molecule has 0 saturated carbocycles. The zero-order chi connectivity index (χ0) is 7.14. The van der Waals surface area contributed by atoms with E-state index in [9.17, 15) is 0 Å². The van der Waals surface area contributed by atoms with Gasteiger partial charge in [0.25, 0.3) is 0 Å². The number of nitrogens with zero attached hydrogens (tertiary/aromatic N) is 1. The Balaban J connectivity index is 0.000000605. The molecule has 2 N–H and O–H groups in total. The van der Waals surface area contributed by atoms with Crippen molar-refractivity contribution >= 4 is 12.4 Å². The summed E-state index contributed by atoms with van der Waals surface area (Å²) in [5, 5.41) is 0. The van der Waals surface area contributed by atoms with Crippen LogP contribution in [0.2, 0.25) is 0 Å². The Morgan fingerprint density at radius 1 is 1.18 bits per heavy atom. The Bertz CT molecular complexity index is 126. The summed E-state index contributed by atoms with van der Waals surface area (Å²) in [6.07, 6.45) is 5.23. The molecule has 66 valence electrons. The van der Waals surface area contributed by atoms with Gasteiger partial charge in [-0.15, -0.1) is 12.4 Å². The highest BCUT2D eigenvalue weighted by Gasteiger charge is 2.36. The first kappa shape index (κ1) is 9.30. The highest BCUT2D eigenvalue weighted by atomic mass is 35.5. The van der Waals surface area contributed by atoms with E-state index in [1.807, 2.05) is 0 Å². The lowest BCUT2D eigenvalue weighted by atomic mass is 9.99. The van der Waals surface area contributed by atoms with Gasteiger partial charge in [-0.1, -0.05) is 0 Å². The van der Waals surface area contributed by atoms with Gasteiger partial charge in [0.15, 0.2) is 0 Å². The fourth-order valence-corrected chi connectivity index (χ4v) is 2.45. The van der Waals surface area contributed by atoms with E-state index in [-0.39, 0.29) is 12.4 Å². The van der Waals surface area contributed by atoms with Gasteiger partial charge >= 0.3 is 0 Å². The number of nitrogens with two attached hydrogens (primary N) is 1. The second kappa shape index (κ2) is 3.30. The fraction of sp³-hybridized carbons (Fsp3) is 1.00. The Hall–Kier alpha value is 0.210. The molecule has 2 saturated heterocycles. The summed E-state index contributed by atoms with van der Waals surface area (Å²) in [6, 6.07) is 2.12. The van der Waals surface area contributed by atoms with Crippen LogP contribution < -0.4 is 5.73 Å². The number of hydrogen-bond donors (Lipinski definition) is 1. The Kier molecular flexibility index (Phi) is 2.79. The molecule has 11 heavy (non-hydrogen) atoms. The van der Waals surface area contributed by atoms with Crippen molar-refractivity contribution in [3.63, 3.8) is 0 Å². The van der Waals surface area contributed by atoms with Gasteiger partial charge in [-0.3, -0.25) is 0 Å². The standard InChI is InChI=1S/C8H16N2.ClH/c1-10-7-2-3-8(10)5-6(9)4-7;/h6-8H,2-5,9H2,1H3;1H/t6-,7+,8?;/m1./s1. The van der Waals surface area contributed by atoms with Crippen molar-refractivity contribution in [3.8, 4) is 0 Å². The normalized spacial score (nSPS) is 43.6. The fourth-order valence-electron chi connectivity index (χ4n) is 2.45. The molecule has 0 aliphatic carbocycles. The number of fused-ring (bicyclic) bond motifs is 2. The number of rotatable bonds is 0. The largest absolute Gasteiger partial charge is 0.328 e. The van der Waals surface area contributed by atoms with Crippen molar-refractivity contribution in [1.82, 2.24) is 4.90 Å². The number of piperidine rings is 1. The molecule has 0 radical (unpaired) electrons. The van der Waals surface area contributed by atoms with Gasteiger partial charge in [0, 0.05) is 18.1 Å². The molecule has 0 amide bonds. The first-order valence-electron chi connectivity index (χ1n) is 4.25. The molecule has 0 spiro atoms. The lowest BCUT2D eigenvalue weighted by Gasteiger charge is -2.34. The monoisotopic (exact) mass is 176 g/mol. The Morgan fingerprint density at radius 3 is 2.09 bits per heavy atom. The molecule has 2 fully saturated rings. The summed E-state index contributed by atoms with van der Waals surface area (Å²) < 4.78 is 0. The van der Waals surface area contributed by atoms with Crippen molar-refractivity contribution in [2.45, 2.75) is 43.8 Å². The zero-order valence-corrected chi connectivity index (χ0v) is 7.81. The maximum atomic E-state index is 5.89. The first-order chi connectivity index (χ1) is 4.77. The Morgan fingerprint density at radius 2 is 1.64 bits per heavy atom. The average Bonchev–Trinajstić information content (AvgIpc) is 2.20. The highest BCUT2D eigenvalue weighted by Crippen LogP contribution is 2.33. The smallest absolute Gasteiger partial charge is 0.0110 e. The SMILES string of the molecule is CN1C2CC[C@H]1C[C@@H](N)C2.Cl. The molecule has 2 heterocycles. The summed E-state index contributed by atoms with van der Waals surface area (Å²) >= 11 is 0. The quantitative estimate of drug-likeness (QED) is 0.597. The Labute approximate surface area is 74.5 Å². The van der Waals surface area contributed by atoms with Crippen LogP contribution in [-0.2, 0) is 0 Å². The van der Waals surface area contributed by atoms with Crippen molar-refractivity contribution in [3.05, 3.63) is 0 Å². The van der Waals surface area contributed by atoms with Gasteiger partial charge in [0.2, 0.25) is 0 Å². The van der Waals surface area contributed by atoms with Gasteiger partial charge in [0.05, 0.1) is 0 Å². The molecule has 3 atom stereocenters. The summed E-state index contributed by atoms with van der Waals surface area (Å²) in [6.45, 7) is 0. The second-order valence-corrected chi connectivity index (χ2v) is 3.78. The minimum absolute atomic E-state index is 0. The summed E-state index contributed by atoms with van der Waals surface area (Å²) in [4.78, 5) is 2.52. The molecule has 1 unspecified atom stereocenters. The van der Waals surface area contributed by atoms with Gasteiger partial charge < -0.3 is 10.6 Å². The van der Waals surface area contributed by atoms with E-state index in [4.69, 9.17) is 5.73 Å². The minimum atomic E-state index is 0. The lowest BCUT2D eigenvalue weighted by Crippen LogP contribution is -2.45. The van der Waals surface area contributed by atoms with E-state index < -0.39 is 0 Å². The van der Waals surface area contributed by atoms with E-state index in [0.29, 0.717) is 6.04 Å². The molecule has 2 aliphatic heterocycles. The molecule has 2 rings (SSSR count). The molecule has 2 aliphatic rings. The zero-order valence-electron chi connectivity index (χ0n) is 6.99. The minimum Gasteiger partial charge on any atom is -0.328 e. The van der Waals surface area contributed by atoms with Crippen LogP contribution in [0.1, 0.15) is 25.7 Å². The van der Waals surface area contributed by atoms with Crippen LogP contribution in [0.5, 0.6) is 0 Å². The summed E-state index contributed by atoms with van der Waals surface area (Å²) in [5.41, 5.74) is 5.89. The summed E-state index contributed by atoms with van der Waals surface area (Å²) in [7, 11) is 2.24. The van der Waals surface area contributed by atoms with E-state index in [1.165, 1.54) is 25.7 Å². The molecule has 0 aromatic heterocycles. The third kappa shape index (κ3) is 1.53. The van der Waals surface area contributed by atoms with Crippen LogP contribution >= 0.6 is 12.4 Å². The second-order valence-electron chi connectivity index (χ2n) is 3.78. The van der Waals surface area contributed by atoms with E-state index >= 15 is 0 Å². The van der Waals surface area contributed by atoms with Gasteiger partial charge in [-0.05, 0) is 32.7 Å². The maximum absolute atomic E-state index is 5.89. The van der Waals surface area contributed by atoms with Crippen molar-refractivity contribution in [1.29, 1.82) is 0 Å². The first-order valence-corrected chi connectivity index (χ1v) is 4.25. The molecule has 2 bridgehead atoms. The third-order valence-electron chi connectivity index (χ3n) is 3.13. The average molecular weight is 177 g/mol. The topological polar surface area (TPSA) is 29.3 Å². The van der Waals surface area contributed by atoms with E-state index in [2.05, 4.69) is 11.9 Å². The van der Waals surface area contributed by atoms with Crippen molar-refractivity contribution in [2.75, 3.05) is 7.05 Å².